The highest BCUT2D eigenvalue weighted by Crippen LogP contribution is 2.37. The zero-order chi connectivity index (χ0) is 16.0. The highest BCUT2D eigenvalue weighted by Gasteiger charge is 2.51. The molecule has 3 nitrogen and oxygen atoms in total. The van der Waals surface area contributed by atoms with Crippen LogP contribution in [0, 0.1) is 0 Å². The van der Waals surface area contributed by atoms with E-state index in [0.29, 0.717) is 11.1 Å². The Morgan fingerprint density at radius 3 is 2.23 bits per heavy atom. The highest BCUT2D eigenvalue weighted by atomic mass is 35.5. The average Bonchev–Trinajstić information content (AvgIpc) is 2.99. The van der Waals surface area contributed by atoms with Crippen molar-refractivity contribution in [2.24, 2.45) is 0 Å². The van der Waals surface area contributed by atoms with Gasteiger partial charge in [-0.1, -0.05) is 17.7 Å². The molecule has 2 aliphatic rings. The van der Waals surface area contributed by atoms with Crippen LogP contribution < -0.4 is 10.2 Å². The summed E-state index contributed by atoms with van der Waals surface area (Å²) < 4.78 is 18.1. The van der Waals surface area contributed by atoms with Crippen molar-refractivity contribution in [3.63, 3.8) is 0 Å². The van der Waals surface area contributed by atoms with E-state index in [1.54, 1.807) is 0 Å². The van der Waals surface area contributed by atoms with Crippen molar-refractivity contribution in [2.45, 2.75) is 70.7 Å². The first-order valence-electron chi connectivity index (χ1n) is 8.10. The fourth-order valence-electron chi connectivity index (χ4n) is 2.92. The number of ether oxygens (including phenoxy) is 1. The van der Waals surface area contributed by atoms with Gasteiger partial charge in [0.2, 0.25) is 0 Å². The van der Waals surface area contributed by atoms with Gasteiger partial charge in [-0.25, -0.2) is 0 Å². The maximum atomic E-state index is 6.39. The van der Waals surface area contributed by atoms with Crippen LogP contribution in [0.4, 0.5) is 0 Å². The van der Waals surface area contributed by atoms with Crippen molar-refractivity contribution < 1.29 is 14.0 Å². The van der Waals surface area contributed by atoms with Crippen LogP contribution in [0.15, 0.2) is 18.2 Å². The zero-order valence-corrected chi connectivity index (χ0v) is 14.6. The first-order chi connectivity index (χ1) is 10.3. The molecule has 3 rings (SSSR count). The summed E-state index contributed by atoms with van der Waals surface area (Å²) in [6.07, 6.45) is 5.04. The van der Waals surface area contributed by atoms with Gasteiger partial charge in [-0.05, 0) is 71.0 Å². The molecule has 2 fully saturated rings. The Morgan fingerprint density at radius 1 is 1.09 bits per heavy atom. The van der Waals surface area contributed by atoms with Gasteiger partial charge in [0.05, 0.1) is 22.3 Å². The van der Waals surface area contributed by atoms with Crippen molar-refractivity contribution >= 4 is 24.2 Å². The van der Waals surface area contributed by atoms with Crippen LogP contribution in [-0.4, -0.2) is 24.4 Å². The third-order valence-corrected chi connectivity index (χ3v) is 5.37. The second-order valence-corrected chi connectivity index (χ2v) is 7.71. The topological polar surface area (TPSA) is 27.7 Å². The van der Waals surface area contributed by atoms with Crippen LogP contribution >= 0.6 is 11.6 Å². The Labute approximate surface area is 138 Å². The number of rotatable bonds is 3. The molecule has 1 saturated heterocycles. The number of hydrogen-bond donors (Lipinski definition) is 0. The summed E-state index contributed by atoms with van der Waals surface area (Å²) in [5.74, 6) is 0.758. The maximum absolute atomic E-state index is 6.39. The summed E-state index contributed by atoms with van der Waals surface area (Å²) in [5, 5.41) is 0.624. The van der Waals surface area contributed by atoms with E-state index < -0.39 is 0 Å². The molecule has 1 aromatic carbocycles. The van der Waals surface area contributed by atoms with E-state index >= 15 is 0 Å². The predicted octanol–water partition coefficient (Wildman–Crippen LogP) is 3.96. The molecule has 0 bridgehead atoms. The van der Waals surface area contributed by atoms with E-state index in [1.165, 1.54) is 12.8 Å². The minimum atomic E-state index is -0.386. The van der Waals surface area contributed by atoms with Crippen LogP contribution in [0.5, 0.6) is 5.75 Å². The molecule has 1 aliphatic heterocycles. The van der Waals surface area contributed by atoms with Crippen LogP contribution in [0.25, 0.3) is 0 Å². The third-order valence-electron chi connectivity index (χ3n) is 5.08. The number of hydrogen-bond acceptors (Lipinski definition) is 3. The number of benzene rings is 1. The van der Waals surface area contributed by atoms with Gasteiger partial charge < -0.3 is 14.0 Å². The molecule has 0 atom stereocenters. The zero-order valence-electron chi connectivity index (χ0n) is 13.8. The number of halogens is 1. The molecular formula is C17H24BClO3. The Balaban J connectivity index is 1.75. The smallest absolute Gasteiger partial charge is 0.489 e. The Morgan fingerprint density at radius 2 is 1.68 bits per heavy atom. The maximum Gasteiger partial charge on any atom is 0.494 e. The molecule has 0 spiro atoms. The molecule has 0 aromatic heterocycles. The fourth-order valence-corrected chi connectivity index (χ4v) is 3.16. The molecule has 22 heavy (non-hydrogen) atoms. The largest absolute Gasteiger partial charge is 0.494 e. The summed E-state index contributed by atoms with van der Waals surface area (Å²) in [6, 6.07) is 5.81. The fraction of sp³-hybridized carbons (Fsp3) is 0.647. The standard InChI is InChI=1S/C17H24BClO3/c1-16(2)17(3,4)22-18(21-16)12-9-10-15(14(19)11-12)20-13-7-5-6-8-13/h9-11,13H,5-8H2,1-4H3. The molecule has 1 saturated carbocycles. The predicted molar refractivity (Wildman–Crippen MR) is 90.1 cm³/mol. The lowest BCUT2D eigenvalue weighted by atomic mass is 9.79. The molecule has 1 heterocycles. The quantitative estimate of drug-likeness (QED) is 0.788. The van der Waals surface area contributed by atoms with Crippen LogP contribution in [-0.2, 0) is 9.31 Å². The van der Waals surface area contributed by atoms with E-state index in [2.05, 4.69) is 0 Å². The van der Waals surface area contributed by atoms with Crippen molar-refractivity contribution in [3.8, 4) is 5.75 Å². The van der Waals surface area contributed by atoms with Gasteiger partial charge >= 0.3 is 7.12 Å². The second-order valence-electron chi connectivity index (χ2n) is 7.30. The molecule has 0 radical (unpaired) electrons. The van der Waals surface area contributed by atoms with Crippen molar-refractivity contribution in [1.82, 2.24) is 0 Å². The summed E-state index contributed by atoms with van der Waals surface area (Å²) >= 11 is 6.39. The van der Waals surface area contributed by atoms with Crippen molar-refractivity contribution in [2.75, 3.05) is 0 Å². The van der Waals surface area contributed by atoms with Crippen molar-refractivity contribution in [1.29, 1.82) is 0 Å². The van der Waals surface area contributed by atoms with Crippen molar-refractivity contribution in [3.05, 3.63) is 23.2 Å². The second kappa shape index (κ2) is 5.74. The van der Waals surface area contributed by atoms with E-state index in [0.717, 1.165) is 24.1 Å². The highest BCUT2D eigenvalue weighted by molar-refractivity contribution is 6.62. The molecule has 1 aromatic rings. The lowest BCUT2D eigenvalue weighted by Gasteiger charge is -2.32. The van der Waals surface area contributed by atoms with Crippen LogP contribution in [0.2, 0.25) is 5.02 Å². The van der Waals surface area contributed by atoms with E-state index in [1.807, 2.05) is 45.9 Å². The van der Waals surface area contributed by atoms with E-state index in [9.17, 15) is 0 Å². The van der Waals surface area contributed by atoms with Gasteiger partial charge in [-0.15, -0.1) is 0 Å². The molecule has 5 heteroatoms. The Bertz CT molecular complexity index is 537. The summed E-state index contributed by atoms with van der Waals surface area (Å²) in [5.41, 5.74) is 0.245. The van der Waals surface area contributed by atoms with E-state index in [-0.39, 0.29) is 18.3 Å². The lowest BCUT2D eigenvalue weighted by Crippen LogP contribution is -2.41. The normalized spacial score (nSPS) is 24.0. The minimum Gasteiger partial charge on any atom is -0.489 e. The SMILES string of the molecule is CC1(C)OB(c2ccc(OC3CCCC3)c(Cl)c2)OC1(C)C. The molecular weight excluding hydrogens is 298 g/mol. The Kier molecular flexibility index (Phi) is 4.21. The van der Waals surface area contributed by atoms with Gasteiger partial charge in [0.25, 0.3) is 0 Å². The minimum absolute atomic E-state index is 0.306. The molecule has 1 aliphatic carbocycles. The summed E-state index contributed by atoms with van der Waals surface area (Å²) in [7, 11) is -0.386. The first-order valence-corrected chi connectivity index (χ1v) is 8.48. The third kappa shape index (κ3) is 3.01. The van der Waals surface area contributed by atoms with Gasteiger partial charge in [-0.3, -0.25) is 0 Å². The van der Waals surface area contributed by atoms with Gasteiger partial charge in [-0.2, -0.15) is 0 Å². The Hall–Kier alpha value is -0.705. The van der Waals surface area contributed by atoms with E-state index in [4.69, 9.17) is 25.6 Å². The summed E-state index contributed by atoms with van der Waals surface area (Å²) in [4.78, 5) is 0. The summed E-state index contributed by atoms with van der Waals surface area (Å²) in [6.45, 7) is 8.19. The molecule has 0 N–H and O–H groups in total. The molecule has 120 valence electrons. The first kappa shape index (κ1) is 16.2. The van der Waals surface area contributed by atoms with Crippen LogP contribution in [0.1, 0.15) is 53.4 Å². The van der Waals surface area contributed by atoms with Crippen LogP contribution in [0.3, 0.4) is 0 Å². The molecule has 0 unspecified atom stereocenters. The lowest BCUT2D eigenvalue weighted by molar-refractivity contribution is 0.00578. The monoisotopic (exact) mass is 322 g/mol. The van der Waals surface area contributed by atoms with Gasteiger partial charge in [0.1, 0.15) is 5.75 Å². The average molecular weight is 323 g/mol. The molecule has 0 amide bonds. The van der Waals surface area contributed by atoms with Gasteiger partial charge in [0.15, 0.2) is 0 Å². The van der Waals surface area contributed by atoms with Gasteiger partial charge in [0, 0.05) is 0 Å².